The zero-order valence-corrected chi connectivity index (χ0v) is 12.6. The fraction of sp³-hybridized carbons (Fsp3) is 0.438. The molecule has 1 fully saturated rings. The van der Waals surface area contributed by atoms with Crippen molar-refractivity contribution in [2.75, 3.05) is 5.73 Å². The molecule has 1 aliphatic carbocycles. The zero-order chi connectivity index (χ0) is 14.8. The lowest BCUT2D eigenvalue weighted by molar-refractivity contribution is 0.500. The summed E-state index contributed by atoms with van der Waals surface area (Å²) < 4.78 is 14.2. The van der Waals surface area contributed by atoms with Crippen LogP contribution in [-0.4, -0.2) is 10.2 Å². The van der Waals surface area contributed by atoms with Crippen LogP contribution in [0.25, 0.3) is 11.1 Å². The first-order valence-corrected chi connectivity index (χ1v) is 7.81. The smallest absolute Gasteiger partial charge is 0.153 e. The Labute approximate surface area is 128 Å². The number of anilines is 1. The SMILES string of the molecule is Nc1n[nH]c(CCC2CCCC2)c1-c1cccc(Cl)c1F. The quantitative estimate of drug-likeness (QED) is 0.869. The number of nitrogen functional groups attached to an aromatic ring is 1. The van der Waals surface area contributed by atoms with E-state index in [9.17, 15) is 4.39 Å². The molecular formula is C16H19ClFN3. The van der Waals surface area contributed by atoms with E-state index in [0.29, 0.717) is 16.9 Å². The van der Waals surface area contributed by atoms with Crippen molar-refractivity contribution in [1.29, 1.82) is 0 Å². The molecule has 1 aromatic carbocycles. The molecule has 1 heterocycles. The maximum atomic E-state index is 14.2. The second-order valence-electron chi connectivity index (χ2n) is 5.75. The van der Waals surface area contributed by atoms with Crippen molar-refractivity contribution in [1.82, 2.24) is 10.2 Å². The number of hydrogen-bond donors (Lipinski definition) is 2. The highest BCUT2D eigenvalue weighted by Gasteiger charge is 2.20. The van der Waals surface area contributed by atoms with E-state index in [1.54, 1.807) is 12.1 Å². The summed E-state index contributed by atoms with van der Waals surface area (Å²) in [5.41, 5.74) is 7.91. The van der Waals surface area contributed by atoms with Gasteiger partial charge in [0.25, 0.3) is 0 Å². The molecule has 0 radical (unpaired) electrons. The van der Waals surface area contributed by atoms with Crippen LogP contribution in [0, 0.1) is 11.7 Å². The first-order valence-electron chi connectivity index (χ1n) is 7.44. The van der Waals surface area contributed by atoms with E-state index in [1.807, 2.05) is 0 Å². The van der Waals surface area contributed by atoms with Gasteiger partial charge in [-0.05, 0) is 24.8 Å². The summed E-state index contributed by atoms with van der Waals surface area (Å²) in [7, 11) is 0. The van der Waals surface area contributed by atoms with Crippen LogP contribution in [0.1, 0.15) is 37.8 Å². The molecule has 2 aromatic rings. The minimum absolute atomic E-state index is 0.106. The van der Waals surface area contributed by atoms with E-state index in [4.69, 9.17) is 17.3 Å². The third-order valence-electron chi connectivity index (χ3n) is 4.37. The van der Waals surface area contributed by atoms with Crippen LogP contribution in [0.15, 0.2) is 18.2 Å². The molecule has 1 saturated carbocycles. The predicted octanol–water partition coefficient (Wildman–Crippen LogP) is 4.57. The van der Waals surface area contributed by atoms with Gasteiger partial charge >= 0.3 is 0 Å². The zero-order valence-electron chi connectivity index (χ0n) is 11.8. The van der Waals surface area contributed by atoms with E-state index in [1.165, 1.54) is 31.7 Å². The molecule has 112 valence electrons. The molecule has 0 atom stereocenters. The number of aromatic amines is 1. The first kappa shape index (κ1) is 14.4. The average molecular weight is 308 g/mol. The van der Waals surface area contributed by atoms with Crippen molar-refractivity contribution < 1.29 is 4.39 Å². The standard InChI is InChI=1S/C16H19ClFN3/c17-12-7-3-6-11(15(12)18)14-13(20-21-16(14)19)9-8-10-4-1-2-5-10/h3,6-7,10H,1-2,4-5,8-9H2,(H3,19,20,21). The number of benzene rings is 1. The number of rotatable bonds is 4. The lowest BCUT2D eigenvalue weighted by Gasteiger charge is -2.10. The Balaban J connectivity index is 1.87. The van der Waals surface area contributed by atoms with Crippen molar-refractivity contribution in [3.63, 3.8) is 0 Å². The molecular weight excluding hydrogens is 289 g/mol. The monoisotopic (exact) mass is 307 g/mol. The number of halogens is 2. The second kappa shape index (κ2) is 6.06. The highest BCUT2D eigenvalue weighted by atomic mass is 35.5. The number of nitrogens with zero attached hydrogens (tertiary/aromatic N) is 1. The minimum atomic E-state index is -0.436. The lowest BCUT2D eigenvalue weighted by Crippen LogP contribution is -1.99. The highest BCUT2D eigenvalue weighted by Crippen LogP contribution is 2.35. The summed E-state index contributed by atoms with van der Waals surface area (Å²) in [6, 6.07) is 4.96. The van der Waals surface area contributed by atoms with Gasteiger partial charge < -0.3 is 5.73 Å². The Bertz CT molecular complexity index is 632. The summed E-state index contributed by atoms with van der Waals surface area (Å²) in [5, 5.41) is 7.12. The minimum Gasteiger partial charge on any atom is -0.382 e. The number of H-pyrrole nitrogens is 1. The van der Waals surface area contributed by atoms with E-state index in [2.05, 4.69) is 10.2 Å². The van der Waals surface area contributed by atoms with Gasteiger partial charge in [0.05, 0.1) is 5.02 Å². The molecule has 5 heteroatoms. The van der Waals surface area contributed by atoms with E-state index < -0.39 is 5.82 Å². The van der Waals surface area contributed by atoms with Gasteiger partial charge in [-0.3, -0.25) is 5.10 Å². The molecule has 21 heavy (non-hydrogen) atoms. The fourth-order valence-corrected chi connectivity index (χ4v) is 3.39. The first-order chi connectivity index (χ1) is 10.2. The fourth-order valence-electron chi connectivity index (χ4n) is 3.22. The van der Waals surface area contributed by atoms with Crippen molar-refractivity contribution in [2.45, 2.75) is 38.5 Å². The van der Waals surface area contributed by atoms with Crippen LogP contribution in [0.2, 0.25) is 5.02 Å². The van der Waals surface area contributed by atoms with Gasteiger partial charge in [0.1, 0.15) is 5.82 Å². The summed E-state index contributed by atoms with van der Waals surface area (Å²) >= 11 is 5.87. The van der Waals surface area contributed by atoms with Gasteiger partial charge in [0, 0.05) is 16.8 Å². The van der Waals surface area contributed by atoms with Gasteiger partial charge in [-0.25, -0.2) is 4.39 Å². The van der Waals surface area contributed by atoms with Gasteiger partial charge in [-0.2, -0.15) is 5.10 Å². The molecule has 3 nitrogen and oxygen atoms in total. The summed E-state index contributed by atoms with van der Waals surface area (Å²) in [4.78, 5) is 0. The Hall–Kier alpha value is -1.55. The summed E-state index contributed by atoms with van der Waals surface area (Å²) in [6.45, 7) is 0. The molecule has 0 bridgehead atoms. The Morgan fingerprint density at radius 1 is 1.33 bits per heavy atom. The Morgan fingerprint density at radius 2 is 2.10 bits per heavy atom. The third-order valence-corrected chi connectivity index (χ3v) is 4.66. The van der Waals surface area contributed by atoms with Gasteiger partial charge in [-0.15, -0.1) is 0 Å². The number of hydrogen-bond acceptors (Lipinski definition) is 2. The Morgan fingerprint density at radius 3 is 2.86 bits per heavy atom. The summed E-state index contributed by atoms with van der Waals surface area (Å²) in [6.07, 6.45) is 7.18. The molecule has 0 aliphatic heterocycles. The predicted molar refractivity (Wildman–Crippen MR) is 83.7 cm³/mol. The van der Waals surface area contributed by atoms with Crippen LogP contribution >= 0.6 is 11.6 Å². The molecule has 0 amide bonds. The van der Waals surface area contributed by atoms with Crippen LogP contribution in [0.5, 0.6) is 0 Å². The van der Waals surface area contributed by atoms with Crippen molar-refractivity contribution >= 4 is 17.4 Å². The number of aromatic nitrogens is 2. The topological polar surface area (TPSA) is 54.7 Å². The second-order valence-corrected chi connectivity index (χ2v) is 6.16. The number of nitrogens with one attached hydrogen (secondary N) is 1. The molecule has 0 saturated heterocycles. The van der Waals surface area contributed by atoms with Crippen LogP contribution in [0.3, 0.4) is 0 Å². The van der Waals surface area contributed by atoms with Gasteiger partial charge in [0.2, 0.25) is 0 Å². The molecule has 3 N–H and O–H groups in total. The average Bonchev–Trinajstić information content (AvgIpc) is 3.10. The van der Waals surface area contributed by atoms with Crippen LogP contribution in [0.4, 0.5) is 10.2 Å². The molecule has 0 spiro atoms. The van der Waals surface area contributed by atoms with Gasteiger partial charge in [-0.1, -0.05) is 49.4 Å². The van der Waals surface area contributed by atoms with E-state index >= 15 is 0 Å². The van der Waals surface area contributed by atoms with E-state index in [0.717, 1.165) is 24.5 Å². The molecule has 1 aromatic heterocycles. The van der Waals surface area contributed by atoms with Crippen molar-refractivity contribution in [3.05, 3.63) is 34.7 Å². The normalized spacial score (nSPS) is 15.7. The van der Waals surface area contributed by atoms with E-state index in [-0.39, 0.29) is 5.02 Å². The lowest BCUT2D eigenvalue weighted by atomic mass is 9.97. The van der Waals surface area contributed by atoms with Crippen LogP contribution < -0.4 is 5.73 Å². The molecule has 3 rings (SSSR count). The van der Waals surface area contributed by atoms with Crippen molar-refractivity contribution in [3.8, 4) is 11.1 Å². The molecule has 1 aliphatic rings. The maximum absolute atomic E-state index is 14.2. The van der Waals surface area contributed by atoms with Crippen molar-refractivity contribution in [2.24, 2.45) is 5.92 Å². The summed E-state index contributed by atoms with van der Waals surface area (Å²) in [5.74, 6) is 0.665. The third kappa shape index (κ3) is 2.91. The highest BCUT2D eigenvalue weighted by molar-refractivity contribution is 6.31. The maximum Gasteiger partial charge on any atom is 0.153 e. The largest absolute Gasteiger partial charge is 0.382 e. The Kier molecular flexibility index (Phi) is 4.15. The molecule has 0 unspecified atom stereocenters. The number of nitrogens with two attached hydrogens (primary N) is 1. The number of aryl methyl sites for hydroxylation is 1. The van der Waals surface area contributed by atoms with Crippen LogP contribution in [-0.2, 0) is 6.42 Å². The van der Waals surface area contributed by atoms with Gasteiger partial charge in [0.15, 0.2) is 5.82 Å².